The van der Waals surface area contributed by atoms with Gasteiger partial charge in [0.1, 0.15) is 5.75 Å². The van der Waals surface area contributed by atoms with E-state index in [0.717, 1.165) is 25.2 Å². The first-order valence-corrected chi connectivity index (χ1v) is 12.4. The van der Waals surface area contributed by atoms with Crippen molar-refractivity contribution >= 4 is 43.6 Å². The Morgan fingerprint density at radius 3 is 2.68 bits per heavy atom. The summed E-state index contributed by atoms with van der Waals surface area (Å²) in [6.07, 6.45) is 1.44. The van der Waals surface area contributed by atoms with Crippen molar-refractivity contribution in [2.45, 2.75) is 25.3 Å². The van der Waals surface area contributed by atoms with Gasteiger partial charge in [-0.15, -0.1) is 0 Å². The number of carbonyl (C=O) groups excluding carboxylic acids is 1. The van der Waals surface area contributed by atoms with Crippen molar-refractivity contribution in [1.29, 1.82) is 0 Å². The average molecular weight is 533 g/mol. The van der Waals surface area contributed by atoms with Gasteiger partial charge in [0.15, 0.2) is 6.61 Å². The molecule has 0 radical (unpaired) electrons. The fraction of sp³-hybridized carbons (Fsp3) is 0.400. The molecule has 0 bridgehead atoms. The van der Waals surface area contributed by atoms with Gasteiger partial charge in [-0.2, -0.15) is 8.42 Å². The number of pyridine rings is 1. The number of amides is 1. The Kier molecular flexibility index (Phi) is 7.92. The van der Waals surface area contributed by atoms with Crippen molar-refractivity contribution in [3.8, 4) is 5.88 Å². The van der Waals surface area contributed by atoms with Crippen LogP contribution in [0.5, 0.6) is 5.88 Å². The smallest absolute Gasteiger partial charge is 0.269 e. The molecule has 1 aromatic heterocycles. The Hall–Kier alpha value is -1.72. The third-order valence-corrected chi connectivity index (χ3v) is 6.28. The minimum atomic E-state index is -4.27. The van der Waals surface area contributed by atoms with Gasteiger partial charge in [0.05, 0.1) is 0 Å². The van der Waals surface area contributed by atoms with Gasteiger partial charge < -0.3 is 9.64 Å². The normalized spacial score (nSPS) is 17.5. The zero-order valence-corrected chi connectivity index (χ0v) is 20.0. The largest absolute Gasteiger partial charge is 0.467 e. The summed E-state index contributed by atoms with van der Waals surface area (Å²) in [5, 5.41) is 0.701. The van der Waals surface area contributed by atoms with Gasteiger partial charge in [0, 0.05) is 53.5 Å². The number of piperazine rings is 1. The van der Waals surface area contributed by atoms with Crippen LogP contribution >= 0.6 is 27.5 Å². The number of ether oxygens (including phenoxy) is 1. The van der Waals surface area contributed by atoms with Crippen molar-refractivity contribution in [1.82, 2.24) is 14.8 Å². The van der Waals surface area contributed by atoms with Crippen LogP contribution in [0.2, 0.25) is 5.02 Å². The van der Waals surface area contributed by atoms with E-state index in [1.807, 2.05) is 31.2 Å². The van der Waals surface area contributed by atoms with E-state index in [1.165, 1.54) is 12.3 Å². The first-order valence-electron chi connectivity index (χ1n) is 9.59. The van der Waals surface area contributed by atoms with Gasteiger partial charge >= 0.3 is 0 Å². The molecule has 1 N–H and O–H groups in total. The summed E-state index contributed by atoms with van der Waals surface area (Å²) in [6, 6.07) is 9.20. The van der Waals surface area contributed by atoms with Crippen molar-refractivity contribution in [3.05, 3.63) is 57.2 Å². The maximum Gasteiger partial charge on any atom is 0.269 e. The Labute approximate surface area is 195 Å². The highest BCUT2D eigenvalue weighted by atomic mass is 79.9. The Morgan fingerprint density at radius 1 is 1.32 bits per heavy atom. The Balaban J connectivity index is 1.56. The molecule has 1 aliphatic heterocycles. The predicted molar refractivity (Wildman–Crippen MR) is 121 cm³/mol. The van der Waals surface area contributed by atoms with Crippen molar-refractivity contribution < 1.29 is 22.5 Å². The maximum absolute atomic E-state index is 12.7. The summed E-state index contributed by atoms with van der Waals surface area (Å²) in [6.45, 7) is 4.49. The van der Waals surface area contributed by atoms with Crippen LogP contribution in [-0.2, 0) is 27.2 Å². The molecule has 1 aromatic carbocycles. The second-order valence-corrected chi connectivity index (χ2v) is 10.2. The molecule has 8 nitrogen and oxygen atoms in total. The monoisotopic (exact) mass is 531 g/mol. The highest BCUT2D eigenvalue weighted by Crippen LogP contribution is 2.22. The van der Waals surface area contributed by atoms with E-state index in [2.05, 4.69) is 25.8 Å². The fourth-order valence-corrected chi connectivity index (χ4v) is 4.61. The van der Waals surface area contributed by atoms with Crippen LogP contribution in [0.15, 0.2) is 41.0 Å². The second-order valence-electron chi connectivity index (χ2n) is 7.43. The zero-order valence-electron chi connectivity index (χ0n) is 16.9. The number of rotatable bonds is 7. The van der Waals surface area contributed by atoms with E-state index < -0.39 is 15.9 Å². The van der Waals surface area contributed by atoms with Crippen LogP contribution in [0.25, 0.3) is 0 Å². The lowest BCUT2D eigenvalue weighted by Crippen LogP contribution is -2.54. The third-order valence-electron chi connectivity index (χ3n) is 4.91. The highest BCUT2D eigenvalue weighted by Gasteiger charge is 2.28. The molecule has 31 heavy (non-hydrogen) atoms. The maximum atomic E-state index is 12.7. The van der Waals surface area contributed by atoms with Gasteiger partial charge in [-0.3, -0.25) is 14.2 Å². The Morgan fingerprint density at radius 2 is 2.03 bits per heavy atom. The van der Waals surface area contributed by atoms with Gasteiger partial charge in [-0.25, -0.2) is 4.98 Å². The van der Waals surface area contributed by atoms with Gasteiger partial charge in [0.25, 0.3) is 16.0 Å². The number of aromatic nitrogens is 1. The van der Waals surface area contributed by atoms with E-state index in [0.29, 0.717) is 16.0 Å². The topological polar surface area (TPSA) is 100 Å². The Bertz CT molecular complexity index is 1040. The van der Waals surface area contributed by atoms with Crippen LogP contribution in [0.3, 0.4) is 0 Å². The SMILES string of the molecule is CC1CN(Cc2ccc(Cl)cc2)CCN1C(=O)COc1ncc(Br)cc1CS(=O)(=O)O. The second kappa shape index (κ2) is 10.3. The van der Waals surface area contributed by atoms with E-state index in [4.69, 9.17) is 20.9 Å². The lowest BCUT2D eigenvalue weighted by Gasteiger charge is -2.39. The van der Waals surface area contributed by atoms with Crippen molar-refractivity contribution in [2.75, 3.05) is 26.2 Å². The molecule has 3 rings (SSSR count). The number of benzene rings is 1. The van der Waals surface area contributed by atoms with E-state index in [-0.39, 0.29) is 30.0 Å². The minimum Gasteiger partial charge on any atom is -0.467 e. The molecule has 1 unspecified atom stereocenters. The number of nitrogens with zero attached hydrogens (tertiary/aromatic N) is 3. The average Bonchev–Trinajstić information content (AvgIpc) is 2.68. The van der Waals surface area contributed by atoms with Crippen LogP contribution in [0.1, 0.15) is 18.1 Å². The van der Waals surface area contributed by atoms with E-state index >= 15 is 0 Å². The molecule has 1 amide bonds. The van der Waals surface area contributed by atoms with E-state index in [9.17, 15) is 13.2 Å². The molecule has 0 aliphatic carbocycles. The first kappa shape index (κ1) is 23.9. The molecule has 1 aliphatic rings. The summed E-state index contributed by atoms with van der Waals surface area (Å²) >= 11 is 9.14. The van der Waals surface area contributed by atoms with Gasteiger partial charge in [-0.05, 0) is 46.6 Å². The van der Waals surface area contributed by atoms with Crippen molar-refractivity contribution in [3.63, 3.8) is 0 Å². The van der Waals surface area contributed by atoms with Gasteiger partial charge in [0.2, 0.25) is 5.88 Å². The lowest BCUT2D eigenvalue weighted by molar-refractivity contribution is -0.138. The van der Waals surface area contributed by atoms with Gasteiger partial charge in [-0.1, -0.05) is 23.7 Å². The van der Waals surface area contributed by atoms with Crippen LogP contribution in [0, 0.1) is 0 Å². The quantitative estimate of drug-likeness (QED) is 0.547. The number of halogens is 2. The lowest BCUT2D eigenvalue weighted by atomic mass is 10.1. The standard InChI is InChI=1S/C20H23BrClN3O5S/c1-14-10-24(11-15-2-4-18(22)5-3-15)6-7-25(14)19(26)12-30-20-16(13-31(27,28)29)8-17(21)9-23-20/h2-5,8-9,14H,6-7,10-13H2,1H3,(H,27,28,29). The zero-order chi connectivity index (χ0) is 22.6. The highest BCUT2D eigenvalue weighted by molar-refractivity contribution is 9.10. The van der Waals surface area contributed by atoms with Crippen LogP contribution < -0.4 is 4.74 Å². The summed E-state index contributed by atoms with van der Waals surface area (Å²) < 4.78 is 37.7. The third kappa shape index (κ3) is 7.15. The summed E-state index contributed by atoms with van der Waals surface area (Å²) in [7, 11) is -4.27. The number of hydrogen-bond donors (Lipinski definition) is 1. The molecular weight excluding hydrogens is 510 g/mol. The van der Waals surface area contributed by atoms with Crippen LogP contribution in [-0.4, -0.2) is 65.9 Å². The molecule has 2 heterocycles. The summed E-state index contributed by atoms with van der Waals surface area (Å²) in [5.41, 5.74) is 1.33. The molecule has 168 valence electrons. The fourth-order valence-electron chi connectivity index (χ4n) is 3.51. The first-order chi connectivity index (χ1) is 14.6. The number of hydrogen-bond acceptors (Lipinski definition) is 6. The minimum absolute atomic E-state index is 0.00297. The molecule has 1 atom stereocenters. The van der Waals surface area contributed by atoms with E-state index in [1.54, 1.807) is 4.90 Å². The number of carbonyl (C=O) groups is 1. The van der Waals surface area contributed by atoms with Crippen LogP contribution in [0.4, 0.5) is 0 Å². The molecule has 0 spiro atoms. The molecule has 1 fully saturated rings. The molecular formula is C20H23BrClN3O5S. The predicted octanol–water partition coefficient (Wildman–Crippen LogP) is 3.00. The summed E-state index contributed by atoms with van der Waals surface area (Å²) in [4.78, 5) is 20.8. The molecule has 2 aromatic rings. The molecule has 1 saturated heterocycles. The molecule has 11 heteroatoms. The summed E-state index contributed by atoms with van der Waals surface area (Å²) in [5.74, 6) is -0.854. The molecule has 0 saturated carbocycles. The van der Waals surface area contributed by atoms with Crippen molar-refractivity contribution in [2.24, 2.45) is 0 Å².